The van der Waals surface area contributed by atoms with Crippen LogP contribution in [0.15, 0.2) is 43.0 Å². The minimum absolute atomic E-state index is 0.161. The van der Waals surface area contributed by atoms with Crippen LogP contribution in [-0.4, -0.2) is 27.0 Å². The molecule has 2 aliphatic carbocycles. The number of imidazole rings is 1. The molecule has 0 atom stereocenters. The van der Waals surface area contributed by atoms with Gasteiger partial charge in [0.1, 0.15) is 0 Å². The lowest BCUT2D eigenvalue weighted by molar-refractivity contribution is -0.131. The van der Waals surface area contributed by atoms with Gasteiger partial charge in [-0.3, -0.25) is 4.79 Å². The van der Waals surface area contributed by atoms with Crippen molar-refractivity contribution in [1.29, 1.82) is 0 Å². The summed E-state index contributed by atoms with van der Waals surface area (Å²) in [4.78, 5) is 16.6. The molecule has 1 heterocycles. The second-order valence-corrected chi connectivity index (χ2v) is 6.67. The predicted octanol–water partition coefficient (Wildman–Crippen LogP) is 2.16. The lowest BCUT2D eigenvalue weighted by Gasteiger charge is -2.41. The molecule has 0 saturated heterocycles. The van der Waals surface area contributed by atoms with Gasteiger partial charge in [-0.15, -0.1) is 0 Å². The SMILES string of the molecule is O=C(NCc1ccc(-n2ccnc2)cc1)C1(NC2CC2)CCC1. The molecule has 0 spiro atoms. The molecule has 0 aliphatic heterocycles. The molecule has 1 aromatic carbocycles. The van der Waals surface area contributed by atoms with Gasteiger partial charge in [0.15, 0.2) is 0 Å². The average molecular weight is 310 g/mol. The Morgan fingerprint density at radius 3 is 2.61 bits per heavy atom. The normalized spacial score (nSPS) is 19.1. The van der Waals surface area contributed by atoms with Gasteiger partial charge in [0, 0.05) is 30.7 Å². The smallest absolute Gasteiger partial charge is 0.240 e. The van der Waals surface area contributed by atoms with E-state index in [2.05, 4.69) is 27.8 Å². The number of rotatable bonds is 6. The molecule has 2 fully saturated rings. The van der Waals surface area contributed by atoms with Crippen molar-refractivity contribution < 1.29 is 4.79 Å². The van der Waals surface area contributed by atoms with E-state index in [9.17, 15) is 4.79 Å². The van der Waals surface area contributed by atoms with Gasteiger partial charge in [-0.2, -0.15) is 0 Å². The Balaban J connectivity index is 1.36. The number of nitrogens with zero attached hydrogens (tertiary/aromatic N) is 2. The first-order valence-electron chi connectivity index (χ1n) is 8.38. The Kier molecular flexibility index (Phi) is 3.65. The van der Waals surface area contributed by atoms with Crippen molar-refractivity contribution in [2.45, 2.75) is 50.2 Å². The average Bonchev–Trinajstić information content (AvgIpc) is 3.19. The van der Waals surface area contributed by atoms with Crippen LogP contribution < -0.4 is 10.6 Å². The topological polar surface area (TPSA) is 59.0 Å². The van der Waals surface area contributed by atoms with Gasteiger partial charge < -0.3 is 15.2 Å². The molecule has 5 heteroatoms. The van der Waals surface area contributed by atoms with Crippen LogP contribution in [0.3, 0.4) is 0 Å². The molecule has 120 valence electrons. The zero-order valence-electron chi connectivity index (χ0n) is 13.2. The zero-order valence-corrected chi connectivity index (χ0v) is 13.2. The highest BCUT2D eigenvalue weighted by atomic mass is 16.2. The van der Waals surface area contributed by atoms with Crippen molar-refractivity contribution in [2.24, 2.45) is 0 Å². The van der Waals surface area contributed by atoms with Crippen LogP contribution in [0.5, 0.6) is 0 Å². The monoisotopic (exact) mass is 310 g/mol. The Labute approximate surface area is 136 Å². The molecule has 2 saturated carbocycles. The van der Waals surface area contributed by atoms with Gasteiger partial charge in [-0.1, -0.05) is 12.1 Å². The summed E-state index contributed by atoms with van der Waals surface area (Å²) < 4.78 is 1.96. The van der Waals surface area contributed by atoms with Crippen molar-refractivity contribution in [1.82, 2.24) is 20.2 Å². The van der Waals surface area contributed by atoms with Crippen LogP contribution >= 0.6 is 0 Å². The lowest BCUT2D eigenvalue weighted by atomic mass is 9.75. The molecule has 4 rings (SSSR count). The molecule has 0 bridgehead atoms. The molecule has 2 aromatic rings. The number of aromatic nitrogens is 2. The summed E-state index contributed by atoms with van der Waals surface area (Å²) in [5.74, 6) is 0.161. The third kappa shape index (κ3) is 3.01. The molecule has 0 unspecified atom stereocenters. The largest absolute Gasteiger partial charge is 0.350 e. The molecule has 1 aromatic heterocycles. The summed E-state index contributed by atoms with van der Waals surface area (Å²) >= 11 is 0. The highest BCUT2D eigenvalue weighted by Crippen LogP contribution is 2.36. The molecule has 1 amide bonds. The van der Waals surface area contributed by atoms with Crippen LogP contribution in [0.25, 0.3) is 5.69 Å². The number of nitrogens with one attached hydrogen (secondary N) is 2. The van der Waals surface area contributed by atoms with Crippen molar-refractivity contribution >= 4 is 5.91 Å². The summed E-state index contributed by atoms with van der Waals surface area (Å²) in [6.07, 6.45) is 11.0. The Bertz CT molecular complexity index is 670. The van der Waals surface area contributed by atoms with Crippen LogP contribution in [0.4, 0.5) is 0 Å². The molecular formula is C18H22N4O. The van der Waals surface area contributed by atoms with E-state index in [1.165, 1.54) is 12.8 Å². The fraction of sp³-hybridized carbons (Fsp3) is 0.444. The van der Waals surface area contributed by atoms with Gasteiger partial charge in [-0.25, -0.2) is 4.98 Å². The number of carbonyl (C=O) groups is 1. The van der Waals surface area contributed by atoms with Crippen LogP contribution in [0.1, 0.15) is 37.7 Å². The Hall–Kier alpha value is -2.14. The maximum absolute atomic E-state index is 12.6. The fourth-order valence-electron chi connectivity index (χ4n) is 3.14. The second kappa shape index (κ2) is 5.81. The van der Waals surface area contributed by atoms with Crippen LogP contribution in [0.2, 0.25) is 0 Å². The molecular weight excluding hydrogens is 288 g/mol. The first-order chi connectivity index (χ1) is 11.3. The number of hydrogen-bond donors (Lipinski definition) is 2. The third-order valence-electron chi connectivity index (χ3n) is 4.89. The van der Waals surface area contributed by atoms with Gasteiger partial charge >= 0.3 is 0 Å². The van der Waals surface area contributed by atoms with E-state index in [1.54, 1.807) is 12.5 Å². The molecule has 23 heavy (non-hydrogen) atoms. The van der Waals surface area contributed by atoms with Crippen LogP contribution in [0, 0.1) is 0 Å². The quantitative estimate of drug-likeness (QED) is 0.859. The minimum Gasteiger partial charge on any atom is -0.350 e. The van der Waals surface area contributed by atoms with E-state index >= 15 is 0 Å². The number of benzene rings is 1. The summed E-state index contributed by atoms with van der Waals surface area (Å²) in [6.45, 7) is 0.580. The van der Waals surface area contributed by atoms with Gasteiger partial charge in [-0.05, 0) is 49.8 Å². The minimum atomic E-state index is -0.294. The number of amides is 1. The van der Waals surface area contributed by atoms with Crippen molar-refractivity contribution in [2.75, 3.05) is 0 Å². The standard InChI is InChI=1S/C18H22N4O/c23-17(18(8-1-9-18)21-15-4-5-15)20-12-14-2-6-16(7-3-14)22-11-10-19-13-22/h2-3,6-7,10-11,13,15,21H,1,4-5,8-9,12H2,(H,20,23). The van der Waals surface area contributed by atoms with E-state index in [4.69, 9.17) is 0 Å². The summed E-state index contributed by atoms with van der Waals surface area (Å²) in [5.41, 5.74) is 1.89. The van der Waals surface area contributed by atoms with Crippen molar-refractivity contribution in [3.63, 3.8) is 0 Å². The van der Waals surface area contributed by atoms with E-state index in [0.717, 1.165) is 30.5 Å². The van der Waals surface area contributed by atoms with E-state index in [0.29, 0.717) is 12.6 Å². The molecule has 5 nitrogen and oxygen atoms in total. The van der Waals surface area contributed by atoms with Crippen molar-refractivity contribution in [3.8, 4) is 5.69 Å². The first kappa shape index (κ1) is 14.5. The highest BCUT2D eigenvalue weighted by molar-refractivity contribution is 5.87. The van der Waals surface area contributed by atoms with Crippen LogP contribution in [-0.2, 0) is 11.3 Å². The van der Waals surface area contributed by atoms with Crippen molar-refractivity contribution in [3.05, 3.63) is 48.5 Å². The maximum Gasteiger partial charge on any atom is 0.240 e. The molecule has 2 N–H and O–H groups in total. The third-order valence-corrected chi connectivity index (χ3v) is 4.89. The summed E-state index contributed by atoms with van der Waals surface area (Å²) in [5, 5.41) is 6.65. The second-order valence-electron chi connectivity index (χ2n) is 6.67. The number of carbonyl (C=O) groups excluding carboxylic acids is 1. The fourth-order valence-corrected chi connectivity index (χ4v) is 3.14. The predicted molar refractivity (Wildman–Crippen MR) is 88.2 cm³/mol. The highest BCUT2D eigenvalue weighted by Gasteiger charge is 2.46. The van der Waals surface area contributed by atoms with Gasteiger partial charge in [0.2, 0.25) is 5.91 Å². The van der Waals surface area contributed by atoms with E-state index in [-0.39, 0.29) is 11.4 Å². The van der Waals surface area contributed by atoms with E-state index < -0.39 is 0 Å². The lowest BCUT2D eigenvalue weighted by Crippen LogP contribution is -2.61. The summed E-state index contributed by atoms with van der Waals surface area (Å²) in [7, 11) is 0. The summed E-state index contributed by atoms with van der Waals surface area (Å²) in [6, 6.07) is 8.76. The van der Waals surface area contributed by atoms with Gasteiger partial charge in [0.25, 0.3) is 0 Å². The zero-order chi connectivity index (χ0) is 15.7. The Morgan fingerprint density at radius 1 is 1.26 bits per heavy atom. The first-order valence-corrected chi connectivity index (χ1v) is 8.38. The molecule has 2 aliphatic rings. The molecule has 0 radical (unpaired) electrons. The maximum atomic E-state index is 12.6. The Morgan fingerprint density at radius 2 is 2.04 bits per heavy atom. The number of hydrogen-bond acceptors (Lipinski definition) is 3. The van der Waals surface area contributed by atoms with Gasteiger partial charge in [0.05, 0.1) is 11.9 Å². The van der Waals surface area contributed by atoms with E-state index in [1.807, 2.05) is 22.9 Å².